The second kappa shape index (κ2) is 9.11. The average Bonchev–Trinajstić information content (AvgIpc) is 3.17. The second-order valence-corrected chi connectivity index (χ2v) is 6.83. The van der Waals surface area contributed by atoms with Gasteiger partial charge < -0.3 is 5.32 Å². The standard InChI is InChI=1S/C21H14F5N5O3/c1-33-34-10-11-5-6-15-14(7-11)29-20(21(24,25)26)31(15)17-9-27-16(8-28-17)30-19(32)18-12(22)3-2-4-13(18)23/h2-9H,10H2,1H3,(H,27,30,32). The van der Waals surface area contributed by atoms with E-state index in [0.717, 1.165) is 35.2 Å². The molecule has 0 fully saturated rings. The van der Waals surface area contributed by atoms with Crippen LogP contribution in [0.2, 0.25) is 0 Å². The van der Waals surface area contributed by atoms with Crippen LogP contribution in [-0.2, 0) is 22.6 Å². The molecule has 0 saturated carbocycles. The number of rotatable bonds is 6. The molecule has 1 N–H and O–H groups in total. The number of hydrogen-bond acceptors (Lipinski definition) is 6. The summed E-state index contributed by atoms with van der Waals surface area (Å²) >= 11 is 0. The number of amides is 1. The van der Waals surface area contributed by atoms with Crippen LogP contribution in [0.25, 0.3) is 16.9 Å². The number of alkyl halides is 3. The van der Waals surface area contributed by atoms with Crippen LogP contribution in [0.4, 0.5) is 27.8 Å². The first-order valence-electron chi connectivity index (χ1n) is 9.51. The molecule has 4 aromatic rings. The van der Waals surface area contributed by atoms with Crippen molar-refractivity contribution in [3.05, 3.63) is 77.4 Å². The third-order valence-electron chi connectivity index (χ3n) is 4.61. The first kappa shape index (κ1) is 23.2. The zero-order chi connectivity index (χ0) is 24.5. The summed E-state index contributed by atoms with van der Waals surface area (Å²) < 4.78 is 69.4. The molecule has 0 unspecified atom stereocenters. The fraction of sp³-hybridized carbons (Fsp3) is 0.143. The predicted molar refractivity (Wildman–Crippen MR) is 108 cm³/mol. The number of carbonyl (C=O) groups excluding carboxylic acids is 1. The van der Waals surface area contributed by atoms with Crippen LogP contribution in [0, 0.1) is 11.6 Å². The minimum atomic E-state index is -4.82. The van der Waals surface area contributed by atoms with Crippen molar-refractivity contribution in [2.45, 2.75) is 12.8 Å². The Hall–Kier alpha value is -3.97. The van der Waals surface area contributed by atoms with Crippen LogP contribution in [0.3, 0.4) is 0 Å². The van der Waals surface area contributed by atoms with E-state index >= 15 is 0 Å². The quantitative estimate of drug-likeness (QED) is 0.250. The van der Waals surface area contributed by atoms with Gasteiger partial charge in [-0.15, -0.1) is 0 Å². The number of benzene rings is 2. The predicted octanol–water partition coefficient (Wildman–Crippen LogP) is 4.44. The first-order valence-corrected chi connectivity index (χ1v) is 9.51. The van der Waals surface area contributed by atoms with Gasteiger partial charge in [-0.2, -0.15) is 13.2 Å². The molecule has 2 aromatic heterocycles. The maximum atomic E-state index is 13.8. The summed E-state index contributed by atoms with van der Waals surface area (Å²) in [5.41, 5.74) is -0.189. The number of halogens is 5. The molecular weight excluding hydrogens is 465 g/mol. The van der Waals surface area contributed by atoms with Gasteiger partial charge in [0.25, 0.3) is 5.91 Å². The lowest BCUT2D eigenvalue weighted by atomic mass is 10.2. The lowest BCUT2D eigenvalue weighted by molar-refractivity contribution is -0.282. The smallest absolute Gasteiger partial charge is 0.305 e. The molecule has 0 aliphatic rings. The second-order valence-electron chi connectivity index (χ2n) is 6.83. The fourth-order valence-electron chi connectivity index (χ4n) is 3.16. The zero-order valence-corrected chi connectivity index (χ0v) is 17.2. The lowest BCUT2D eigenvalue weighted by Gasteiger charge is -2.11. The fourth-order valence-corrected chi connectivity index (χ4v) is 3.16. The van der Waals surface area contributed by atoms with Gasteiger partial charge in [-0.1, -0.05) is 12.1 Å². The van der Waals surface area contributed by atoms with Crippen LogP contribution in [-0.4, -0.2) is 32.5 Å². The highest BCUT2D eigenvalue weighted by Crippen LogP contribution is 2.33. The highest BCUT2D eigenvalue weighted by Gasteiger charge is 2.38. The number of anilines is 1. The van der Waals surface area contributed by atoms with E-state index in [2.05, 4.69) is 25.2 Å². The van der Waals surface area contributed by atoms with Crippen molar-refractivity contribution in [2.24, 2.45) is 0 Å². The van der Waals surface area contributed by atoms with Crippen molar-refractivity contribution in [3.8, 4) is 5.82 Å². The van der Waals surface area contributed by atoms with Gasteiger partial charge in [0.1, 0.15) is 23.8 Å². The summed E-state index contributed by atoms with van der Waals surface area (Å²) in [7, 11) is 1.30. The van der Waals surface area contributed by atoms with Gasteiger partial charge in [0.05, 0.1) is 30.5 Å². The molecule has 0 saturated heterocycles. The number of imidazole rings is 1. The third kappa shape index (κ3) is 4.56. The van der Waals surface area contributed by atoms with Crippen LogP contribution >= 0.6 is 0 Å². The zero-order valence-electron chi connectivity index (χ0n) is 17.2. The molecule has 13 heteroatoms. The number of fused-ring (bicyclic) bond motifs is 1. The largest absolute Gasteiger partial charge is 0.450 e. The normalized spacial score (nSPS) is 11.7. The van der Waals surface area contributed by atoms with Gasteiger partial charge in [-0.05, 0) is 29.8 Å². The summed E-state index contributed by atoms with van der Waals surface area (Å²) in [6, 6.07) is 7.25. The monoisotopic (exact) mass is 479 g/mol. The Bertz CT molecular complexity index is 1340. The Balaban J connectivity index is 1.68. The number of aromatic nitrogens is 4. The van der Waals surface area contributed by atoms with E-state index in [9.17, 15) is 26.7 Å². The SMILES string of the molecule is COOCc1ccc2c(c1)nc(C(F)(F)F)n2-c1cnc(NC(=O)c2c(F)cccc2F)cn1. The molecule has 0 radical (unpaired) electrons. The van der Waals surface area contributed by atoms with E-state index in [1.54, 1.807) is 0 Å². The maximum absolute atomic E-state index is 13.8. The van der Waals surface area contributed by atoms with Crippen LogP contribution in [0.5, 0.6) is 0 Å². The van der Waals surface area contributed by atoms with Crippen molar-refractivity contribution in [2.75, 3.05) is 12.4 Å². The molecule has 34 heavy (non-hydrogen) atoms. The maximum Gasteiger partial charge on any atom is 0.450 e. The van der Waals surface area contributed by atoms with Crippen molar-refractivity contribution in [1.29, 1.82) is 0 Å². The van der Waals surface area contributed by atoms with Gasteiger partial charge in [0, 0.05) is 0 Å². The summed E-state index contributed by atoms with van der Waals surface area (Å²) in [4.78, 5) is 32.9. The van der Waals surface area contributed by atoms with E-state index in [0.29, 0.717) is 5.56 Å². The molecule has 0 aliphatic heterocycles. The molecule has 0 aliphatic carbocycles. The van der Waals surface area contributed by atoms with Crippen molar-refractivity contribution in [1.82, 2.24) is 19.5 Å². The van der Waals surface area contributed by atoms with Crippen molar-refractivity contribution in [3.63, 3.8) is 0 Å². The van der Waals surface area contributed by atoms with Gasteiger partial charge >= 0.3 is 6.18 Å². The average molecular weight is 479 g/mol. The third-order valence-corrected chi connectivity index (χ3v) is 4.61. The number of nitrogens with one attached hydrogen (secondary N) is 1. The van der Waals surface area contributed by atoms with Crippen LogP contribution in [0.1, 0.15) is 21.7 Å². The number of carbonyl (C=O) groups is 1. The highest BCUT2D eigenvalue weighted by molar-refractivity contribution is 6.04. The summed E-state index contributed by atoms with van der Waals surface area (Å²) in [6.07, 6.45) is -2.90. The van der Waals surface area contributed by atoms with E-state index < -0.39 is 35.1 Å². The molecule has 0 spiro atoms. The Labute approximate surface area is 187 Å². The van der Waals surface area contributed by atoms with E-state index in [1.807, 2.05) is 0 Å². The highest BCUT2D eigenvalue weighted by atomic mass is 19.4. The van der Waals surface area contributed by atoms with Gasteiger partial charge in [-0.25, -0.2) is 33.5 Å². The van der Waals surface area contributed by atoms with Gasteiger partial charge in [0.2, 0.25) is 5.82 Å². The Morgan fingerprint density at radius 2 is 1.82 bits per heavy atom. The van der Waals surface area contributed by atoms with Crippen LogP contribution in [0.15, 0.2) is 48.8 Å². The Kier molecular flexibility index (Phi) is 6.22. The summed E-state index contributed by atoms with van der Waals surface area (Å²) in [5, 5.41) is 2.16. The topological polar surface area (TPSA) is 91.2 Å². The van der Waals surface area contributed by atoms with E-state index in [1.165, 1.54) is 25.3 Å². The number of nitrogens with zero attached hydrogens (tertiary/aromatic N) is 4. The van der Waals surface area contributed by atoms with Gasteiger partial charge in [0.15, 0.2) is 11.6 Å². The summed E-state index contributed by atoms with van der Waals surface area (Å²) in [5.74, 6) is -5.02. The molecule has 2 heterocycles. The molecule has 4 rings (SSSR count). The molecule has 8 nitrogen and oxygen atoms in total. The lowest BCUT2D eigenvalue weighted by Crippen LogP contribution is -2.18. The van der Waals surface area contributed by atoms with Crippen molar-refractivity contribution < 1.29 is 36.5 Å². The van der Waals surface area contributed by atoms with E-state index in [4.69, 9.17) is 4.89 Å². The molecule has 1 amide bonds. The van der Waals surface area contributed by atoms with Crippen LogP contribution < -0.4 is 5.32 Å². The van der Waals surface area contributed by atoms with Gasteiger partial charge in [-0.3, -0.25) is 9.36 Å². The first-order chi connectivity index (χ1) is 16.2. The minimum absolute atomic E-state index is 0.00253. The molecule has 2 aromatic carbocycles. The van der Waals surface area contributed by atoms with E-state index in [-0.39, 0.29) is 29.3 Å². The summed E-state index contributed by atoms with van der Waals surface area (Å²) in [6.45, 7) is -0.00253. The molecular formula is C21H14F5N5O3. The molecule has 0 atom stereocenters. The van der Waals surface area contributed by atoms with Crippen molar-refractivity contribution >= 4 is 22.8 Å². The number of hydrogen-bond donors (Lipinski definition) is 1. The Morgan fingerprint density at radius 3 is 2.44 bits per heavy atom. The molecule has 0 bridgehead atoms. The Morgan fingerprint density at radius 1 is 1.09 bits per heavy atom. The molecule has 176 valence electrons. The minimum Gasteiger partial charge on any atom is -0.305 e.